The van der Waals surface area contributed by atoms with Crippen molar-refractivity contribution in [1.82, 2.24) is 14.7 Å². The first-order valence-corrected chi connectivity index (χ1v) is 10.4. The SMILES string of the molecule is CCNc1nc(C)cc(NCCNS(=O)(=O)c2ccc(NC(C)=O)cc2C)n1. The predicted octanol–water partition coefficient (Wildman–Crippen LogP) is 1.87. The molecule has 0 saturated carbocycles. The molecule has 0 bridgehead atoms. The third-order valence-corrected chi connectivity index (χ3v) is 5.32. The Kier molecular flexibility index (Phi) is 7.30. The van der Waals surface area contributed by atoms with Gasteiger partial charge in [-0.05, 0) is 44.5 Å². The Balaban J connectivity index is 1.96. The Morgan fingerprint density at radius 2 is 1.82 bits per heavy atom. The number of nitrogens with one attached hydrogen (secondary N) is 4. The summed E-state index contributed by atoms with van der Waals surface area (Å²) in [6, 6.07) is 6.46. The lowest BCUT2D eigenvalue weighted by Gasteiger charge is -2.12. The van der Waals surface area contributed by atoms with E-state index in [1.165, 1.54) is 13.0 Å². The smallest absolute Gasteiger partial charge is 0.240 e. The van der Waals surface area contributed by atoms with Crippen molar-refractivity contribution in [2.75, 3.05) is 35.6 Å². The third-order valence-electron chi connectivity index (χ3n) is 3.70. The lowest BCUT2D eigenvalue weighted by Crippen LogP contribution is -2.29. The molecule has 0 aliphatic heterocycles. The van der Waals surface area contributed by atoms with Crippen LogP contribution >= 0.6 is 0 Å². The maximum Gasteiger partial charge on any atom is 0.240 e. The summed E-state index contributed by atoms with van der Waals surface area (Å²) in [5.41, 5.74) is 1.92. The summed E-state index contributed by atoms with van der Waals surface area (Å²) in [6.07, 6.45) is 0. The van der Waals surface area contributed by atoms with Crippen molar-refractivity contribution in [3.05, 3.63) is 35.5 Å². The molecular formula is C18H26N6O3S. The van der Waals surface area contributed by atoms with Gasteiger partial charge in [-0.1, -0.05) is 0 Å². The minimum Gasteiger partial charge on any atom is -0.369 e. The Bertz CT molecular complexity index is 946. The number of carbonyl (C=O) groups is 1. The molecule has 4 N–H and O–H groups in total. The van der Waals surface area contributed by atoms with Gasteiger partial charge in [-0.2, -0.15) is 4.98 Å². The van der Waals surface area contributed by atoms with Crippen LogP contribution in [0.4, 0.5) is 17.5 Å². The van der Waals surface area contributed by atoms with Crippen molar-refractivity contribution in [3.63, 3.8) is 0 Å². The Morgan fingerprint density at radius 1 is 1.07 bits per heavy atom. The molecule has 152 valence electrons. The van der Waals surface area contributed by atoms with E-state index in [0.717, 1.165) is 5.69 Å². The van der Waals surface area contributed by atoms with Crippen LogP contribution in [0.3, 0.4) is 0 Å². The molecule has 1 aromatic heterocycles. The standard InChI is InChI=1S/C18H26N6O3S/c1-5-19-18-22-13(3)11-17(24-18)20-8-9-21-28(26,27)16-7-6-15(10-12(16)2)23-14(4)25/h6-7,10-11,21H,5,8-9H2,1-4H3,(H,23,25)(H2,19,20,22,24). The summed E-state index contributed by atoms with van der Waals surface area (Å²) in [4.78, 5) is 19.9. The molecule has 0 aliphatic carbocycles. The number of aromatic nitrogens is 2. The number of rotatable bonds is 9. The summed E-state index contributed by atoms with van der Waals surface area (Å²) < 4.78 is 27.6. The van der Waals surface area contributed by atoms with Gasteiger partial charge in [0.2, 0.25) is 21.9 Å². The van der Waals surface area contributed by atoms with Crippen LogP contribution in [0.2, 0.25) is 0 Å². The van der Waals surface area contributed by atoms with Crippen LogP contribution in [0.25, 0.3) is 0 Å². The summed E-state index contributed by atoms with van der Waals surface area (Å²) in [5, 5.41) is 8.77. The molecule has 2 rings (SSSR count). The van der Waals surface area contributed by atoms with E-state index >= 15 is 0 Å². The second-order valence-electron chi connectivity index (χ2n) is 6.23. The Hall–Kier alpha value is -2.72. The number of carbonyl (C=O) groups excluding carboxylic acids is 1. The van der Waals surface area contributed by atoms with Crippen LogP contribution < -0.4 is 20.7 Å². The molecule has 0 atom stereocenters. The zero-order valence-electron chi connectivity index (χ0n) is 16.5. The van der Waals surface area contributed by atoms with Gasteiger partial charge in [-0.3, -0.25) is 4.79 Å². The first-order valence-electron chi connectivity index (χ1n) is 8.92. The number of aryl methyl sites for hydroxylation is 2. The van der Waals surface area contributed by atoms with Crippen molar-refractivity contribution in [3.8, 4) is 0 Å². The zero-order valence-corrected chi connectivity index (χ0v) is 17.3. The number of amides is 1. The van der Waals surface area contributed by atoms with E-state index in [1.807, 2.05) is 13.8 Å². The van der Waals surface area contributed by atoms with Gasteiger partial charge in [-0.25, -0.2) is 18.1 Å². The van der Waals surface area contributed by atoms with Crippen LogP contribution in [-0.2, 0) is 14.8 Å². The third kappa shape index (κ3) is 6.17. The second kappa shape index (κ2) is 9.47. The first kappa shape index (κ1) is 21.6. The van der Waals surface area contributed by atoms with Crippen LogP contribution in [0.15, 0.2) is 29.2 Å². The number of hydrogen-bond acceptors (Lipinski definition) is 7. The van der Waals surface area contributed by atoms with Crippen molar-refractivity contribution in [1.29, 1.82) is 0 Å². The number of nitrogens with zero attached hydrogens (tertiary/aromatic N) is 2. The van der Waals surface area contributed by atoms with Crippen LogP contribution in [0, 0.1) is 13.8 Å². The monoisotopic (exact) mass is 406 g/mol. The summed E-state index contributed by atoms with van der Waals surface area (Å²) in [5.74, 6) is 0.940. The molecule has 0 unspecified atom stereocenters. The van der Waals surface area contributed by atoms with Crippen LogP contribution in [-0.4, -0.2) is 43.9 Å². The summed E-state index contributed by atoms with van der Waals surface area (Å²) in [6.45, 7) is 8.17. The maximum atomic E-state index is 12.5. The minimum atomic E-state index is -3.66. The van der Waals surface area contributed by atoms with Gasteiger partial charge < -0.3 is 16.0 Å². The fourth-order valence-electron chi connectivity index (χ4n) is 2.58. The van der Waals surface area contributed by atoms with Crippen molar-refractivity contribution in [2.45, 2.75) is 32.6 Å². The molecule has 28 heavy (non-hydrogen) atoms. The fraction of sp³-hybridized carbons (Fsp3) is 0.389. The molecule has 0 radical (unpaired) electrons. The van der Waals surface area contributed by atoms with E-state index in [2.05, 4.69) is 30.6 Å². The van der Waals surface area contributed by atoms with Crippen molar-refractivity contribution in [2.24, 2.45) is 0 Å². The normalized spacial score (nSPS) is 11.1. The van der Waals surface area contributed by atoms with Crippen LogP contribution in [0.1, 0.15) is 25.1 Å². The minimum absolute atomic E-state index is 0.175. The molecular weight excluding hydrogens is 380 g/mol. The van der Waals surface area contributed by atoms with Crippen molar-refractivity contribution < 1.29 is 13.2 Å². The molecule has 9 nitrogen and oxygen atoms in total. The number of benzene rings is 1. The average Bonchev–Trinajstić information content (AvgIpc) is 2.58. The van der Waals surface area contributed by atoms with Gasteiger partial charge in [0.15, 0.2) is 0 Å². The van der Waals surface area contributed by atoms with E-state index in [-0.39, 0.29) is 17.3 Å². The molecule has 0 spiro atoms. The molecule has 10 heteroatoms. The van der Waals surface area contributed by atoms with E-state index in [9.17, 15) is 13.2 Å². The molecule has 1 aromatic carbocycles. The van der Waals surface area contributed by atoms with Gasteiger partial charge in [-0.15, -0.1) is 0 Å². The van der Waals surface area contributed by atoms with Gasteiger partial charge in [0.25, 0.3) is 0 Å². The zero-order chi connectivity index (χ0) is 20.7. The maximum absolute atomic E-state index is 12.5. The van der Waals surface area contributed by atoms with E-state index < -0.39 is 10.0 Å². The predicted molar refractivity (Wildman–Crippen MR) is 110 cm³/mol. The molecule has 1 heterocycles. The number of sulfonamides is 1. The highest BCUT2D eigenvalue weighted by Crippen LogP contribution is 2.19. The molecule has 0 fully saturated rings. The largest absolute Gasteiger partial charge is 0.369 e. The molecule has 2 aromatic rings. The van der Waals surface area contributed by atoms with E-state index in [4.69, 9.17) is 0 Å². The Morgan fingerprint density at radius 3 is 2.46 bits per heavy atom. The lowest BCUT2D eigenvalue weighted by molar-refractivity contribution is -0.114. The van der Waals surface area contributed by atoms with E-state index in [0.29, 0.717) is 36.1 Å². The topological polar surface area (TPSA) is 125 Å². The van der Waals surface area contributed by atoms with Gasteiger partial charge in [0.05, 0.1) is 4.90 Å². The molecule has 0 saturated heterocycles. The molecule has 0 aliphatic rings. The van der Waals surface area contributed by atoms with E-state index in [1.54, 1.807) is 25.1 Å². The van der Waals surface area contributed by atoms with Crippen LogP contribution in [0.5, 0.6) is 0 Å². The van der Waals surface area contributed by atoms with Gasteiger partial charge in [0, 0.05) is 44.0 Å². The lowest BCUT2D eigenvalue weighted by atomic mass is 10.2. The average molecular weight is 407 g/mol. The Labute approximate surface area is 165 Å². The fourth-order valence-corrected chi connectivity index (χ4v) is 3.84. The highest BCUT2D eigenvalue weighted by molar-refractivity contribution is 7.89. The summed E-state index contributed by atoms with van der Waals surface area (Å²) >= 11 is 0. The second-order valence-corrected chi connectivity index (χ2v) is 7.97. The summed E-state index contributed by atoms with van der Waals surface area (Å²) in [7, 11) is -3.66. The van der Waals surface area contributed by atoms with Gasteiger partial charge >= 0.3 is 0 Å². The van der Waals surface area contributed by atoms with Crippen molar-refractivity contribution >= 4 is 33.4 Å². The highest BCUT2D eigenvalue weighted by atomic mass is 32.2. The number of anilines is 3. The molecule has 1 amide bonds. The highest BCUT2D eigenvalue weighted by Gasteiger charge is 2.16. The number of hydrogen-bond donors (Lipinski definition) is 4. The first-order chi connectivity index (χ1) is 13.2. The van der Waals surface area contributed by atoms with Gasteiger partial charge in [0.1, 0.15) is 5.82 Å². The quantitative estimate of drug-likeness (QED) is 0.469.